The van der Waals surface area contributed by atoms with Gasteiger partial charge < -0.3 is 4.98 Å². The van der Waals surface area contributed by atoms with E-state index in [9.17, 15) is 17.6 Å². The van der Waals surface area contributed by atoms with Crippen LogP contribution in [0.5, 0.6) is 0 Å². The quantitative estimate of drug-likeness (QED) is 0.910. The van der Waals surface area contributed by atoms with Crippen LogP contribution in [-0.4, -0.2) is 13.4 Å². The summed E-state index contributed by atoms with van der Waals surface area (Å²) in [5.74, 6) is -0.791. The van der Waals surface area contributed by atoms with Gasteiger partial charge >= 0.3 is 0 Å². The summed E-state index contributed by atoms with van der Waals surface area (Å²) in [7, 11) is -4.18. The fourth-order valence-electron chi connectivity index (χ4n) is 1.39. The molecule has 1 aromatic carbocycles. The molecule has 0 aliphatic heterocycles. The molecule has 0 aliphatic carbocycles. The van der Waals surface area contributed by atoms with Gasteiger partial charge in [-0.2, -0.15) is 0 Å². The summed E-state index contributed by atoms with van der Waals surface area (Å²) in [6.07, 6.45) is 2.31. The molecule has 0 unspecified atom stereocenters. The van der Waals surface area contributed by atoms with Gasteiger partial charge in [0.25, 0.3) is 10.0 Å². The number of aromatic nitrogens is 1. The highest BCUT2D eigenvalue weighted by atomic mass is 35.5. The van der Waals surface area contributed by atoms with Crippen molar-refractivity contribution in [1.29, 1.82) is 0 Å². The molecule has 0 saturated heterocycles. The monoisotopic (exact) mass is 302 g/mol. The lowest BCUT2D eigenvalue weighted by Crippen LogP contribution is -2.21. The summed E-state index contributed by atoms with van der Waals surface area (Å²) in [6.45, 7) is 0. The fraction of sp³-hybridized carbons (Fsp3) is 0. The number of aromatic amines is 1. The molecule has 0 fully saturated rings. The van der Waals surface area contributed by atoms with E-state index in [1.165, 1.54) is 12.3 Å². The number of halogens is 2. The van der Waals surface area contributed by atoms with E-state index in [0.717, 1.165) is 24.4 Å². The third-order valence-corrected chi connectivity index (χ3v) is 3.87. The van der Waals surface area contributed by atoms with Crippen molar-refractivity contribution in [2.75, 3.05) is 4.72 Å². The first-order chi connectivity index (χ1) is 8.90. The minimum absolute atomic E-state index is 0.168. The van der Waals surface area contributed by atoms with Gasteiger partial charge in [0.05, 0.1) is 5.69 Å². The predicted molar refractivity (Wildman–Crippen MR) is 69.3 cm³/mol. The van der Waals surface area contributed by atoms with Crippen LogP contribution in [0, 0.1) is 5.82 Å². The molecule has 0 radical (unpaired) electrons. The molecule has 0 spiro atoms. The average Bonchev–Trinajstić information content (AvgIpc) is 2.34. The van der Waals surface area contributed by atoms with Crippen molar-refractivity contribution >= 4 is 27.3 Å². The van der Waals surface area contributed by atoms with Gasteiger partial charge in [0.2, 0.25) is 5.43 Å². The van der Waals surface area contributed by atoms with Crippen LogP contribution in [0.1, 0.15) is 0 Å². The first-order valence-electron chi connectivity index (χ1n) is 5.05. The summed E-state index contributed by atoms with van der Waals surface area (Å²) >= 11 is 5.65. The van der Waals surface area contributed by atoms with Crippen LogP contribution < -0.4 is 10.2 Å². The molecule has 0 aliphatic rings. The van der Waals surface area contributed by atoms with Gasteiger partial charge in [0, 0.05) is 23.5 Å². The maximum Gasteiger partial charge on any atom is 0.267 e. The Bertz CT molecular complexity index is 774. The second kappa shape index (κ2) is 5.02. The summed E-state index contributed by atoms with van der Waals surface area (Å²) in [6, 6.07) is 4.48. The predicted octanol–water partition coefficient (Wildman–Crippen LogP) is 1.97. The Morgan fingerprint density at radius 1 is 1.26 bits per heavy atom. The minimum Gasteiger partial charge on any atom is -0.366 e. The number of benzene rings is 1. The molecule has 8 heteroatoms. The summed E-state index contributed by atoms with van der Waals surface area (Å²) in [4.78, 5) is 13.4. The van der Waals surface area contributed by atoms with Crippen LogP contribution in [0.3, 0.4) is 0 Å². The fourth-order valence-corrected chi connectivity index (χ4v) is 2.67. The van der Waals surface area contributed by atoms with E-state index in [4.69, 9.17) is 11.6 Å². The van der Waals surface area contributed by atoms with Gasteiger partial charge in [-0.3, -0.25) is 9.52 Å². The van der Waals surface area contributed by atoms with Gasteiger partial charge in [-0.15, -0.1) is 0 Å². The Labute approximate surface area is 113 Å². The van der Waals surface area contributed by atoms with Crippen LogP contribution in [0.25, 0.3) is 0 Å². The highest BCUT2D eigenvalue weighted by Crippen LogP contribution is 2.21. The molecule has 0 atom stereocenters. The molecule has 2 aromatic rings. The Kier molecular flexibility index (Phi) is 3.59. The third kappa shape index (κ3) is 2.94. The van der Waals surface area contributed by atoms with Gasteiger partial charge in [0.1, 0.15) is 5.82 Å². The molecular weight excluding hydrogens is 295 g/mol. The Balaban J connectivity index is 2.45. The zero-order valence-electron chi connectivity index (χ0n) is 9.35. The molecule has 0 amide bonds. The average molecular weight is 303 g/mol. The van der Waals surface area contributed by atoms with Crippen molar-refractivity contribution in [3.63, 3.8) is 0 Å². The second-order valence-corrected chi connectivity index (χ2v) is 5.69. The molecule has 5 nitrogen and oxygen atoms in total. The van der Waals surface area contributed by atoms with E-state index in [-0.39, 0.29) is 10.7 Å². The Morgan fingerprint density at radius 2 is 2.00 bits per heavy atom. The van der Waals surface area contributed by atoms with E-state index in [1.807, 2.05) is 4.72 Å². The molecule has 2 rings (SSSR count). The number of pyridine rings is 1. The standard InChI is InChI=1S/C11H8ClFN2O3S/c12-7-1-2-8(13)9(5-7)15-19(17,18)11-6-14-4-3-10(11)16/h1-6,15H,(H,14,16). The topological polar surface area (TPSA) is 79.0 Å². The Morgan fingerprint density at radius 3 is 2.68 bits per heavy atom. The zero-order valence-corrected chi connectivity index (χ0v) is 10.9. The molecule has 0 saturated carbocycles. The first-order valence-corrected chi connectivity index (χ1v) is 6.91. The largest absolute Gasteiger partial charge is 0.366 e. The number of sulfonamides is 1. The lowest BCUT2D eigenvalue weighted by atomic mass is 10.3. The molecule has 1 aromatic heterocycles. The van der Waals surface area contributed by atoms with Crippen LogP contribution in [0.4, 0.5) is 10.1 Å². The smallest absolute Gasteiger partial charge is 0.267 e. The summed E-state index contributed by atoms with van der Waals surface area (Å²) in [5, 5.41) is 0.168. The number of anilines is 1. The number of hydrogen-bond donors (Lipinski definition) is 2. The molecule has 2 N–H and O–H groups in total. The highest BCUT2D eigenvalue weighted by molar-refractivity contribution is 7.92. The molecule has 0 bridgehead atoms. The van der Waals surface area contributed by atoms with Crippen molar-refractivity contribution in [2.24, 2.45) is 0 Å². The minimum atomic E-state index is -4.18. The molecule has 1 heterocycles. The molecule has 19 heavy (non-hydrogen) atoms. The summed E-state index contributed by atoms with van der Waals surface area (Å²) < 4.78 is 39.3. The molecular formula is C11H8ClFN2O3S. The van der Waals surface area contributed by atoms with Crippen molar-refractivity contribution in [3.05, 3.63) is 57.7 Å². The maximum atomic E-state index is 13.4. The van der Waals surface area contributed by atoms with Crippen LogP contribution in [0.15, 0.2) is 46.3 Å². The number of H-pyrrole nitrogens is 1. The number of rotatable bonds is 3. The Hall–Kier alpha value is -1.86. The van der Waals surface area contributed by atoms with Crippen molar-refractivity contribution in [1.82, 2.24) is 4.98 Å². The van der Waals surface area contributed by atoms with Crippen LogP contribution in [-0.2, 0) is 10.0 Å². The van der Waals surface area contributed by atoms with Crippen molar-refractivity contribution < 1.29 is 12.8 Å². The van der Waals surface area contributed by atoms with Crippen LogP contribution >= 0.6 is 11.6 Å². The lowest BCUT2D eigenvalue weighted by molar-refractivity contribution is 0.597. The highest BCUT2D eigenvalue weighted by Gasteiger charge is 2.19. The maximum absolute atomic E-state index is 13.4. The van der Waals surface area contributed by atoms with E-state index < -0.39 is 26.2 Å². The van der Waals surface area contributed by atoms with Gasteiger partial charge in [-0.1, -0.05) is 11.6 Å². The van der Waals surface area contributed by atoms with E-state index >= 15 is 0 Å². The SMILES string of the molecule is O=c1cc[nH]cc1S(=O)(=O)Nc1cc(Cl)ccc1F. The third-order valence-electron chi connectivity index (χ3n) is 2.25. The van der Waals surface area contributed by atoms with E-state index in [1.54, 1.807) is 0 Å². The zero-order chi connectivity index (χ0) is 14.0. The van der Waals surface area contributed by atoms with E-state index in [2.05, 4.69) is 4.98 Å². The van der Waals surface area contributed by atoms with Crippen molar-refractivity contribution in [2.45, 2.75) is 4.90 Å². The van der Waals surface area contributed by atoms with Gasteiger partial charge in [-0.05, 0) is 18.2 Å². The second-order valence-electron chi connectivity index (χ2n) is 3.60. The normalized spacial score (nSPS) is 11.3. The lowest BCUT2D eigenvalue weighted by Gasteiger charge is -2.08. The van der Waals surface area contributed by atoms with Gasteiger partial charge in [-0.25, -0.2) is 12.8 Å². The number of nitrogens with one attached hydrogen (secondary N) is 2. The van der Waals surface area contributed by atoms with Crippen LogP contribution in [0.2, 0.25) is 5.02 Å². The number of hydrogen-bond acceptors (Lipinski definition) is 3. The van der Waals surface area contributed by atoms with E-state index in [0.29, 0.717) is 0 Å². The van der Waals surface area contributed by atoms with Crippen molar-refractivity contribution in [3.8, 4) is 0 Å². The van der Waals surface area contributed by atoms with Gasteiger partial charge in [0.15, 0.2) is 4.90 Å². The molecule has 100 valence electrons. The first kappa shape index (κ1) is 13.6. The summed E-state index contributed by atoms with van der Waals surface area (Å²) in [5.41, 5.74) is -1.02.